The number of pyridine rings is 1. The Morgan fingerprint density at radius 1 is 1.23 bits per heavy atom. The first kappa shape index (κ1) is 19.8. The van der Waals surface area contributed by atoms with Crippen LogP contribution < -0.4 is 22.1 Å². The minimum atomic E-state index is 0.0161. The SMILES string of the molecule is Cc1csc([C@]2(CN)[C@@H]3CN(c4cnc(Sc5ccnc(N)c5Cl)c(N)n4)C[C@@H]32)n1. The summed E-state index contributed by atoms with van der Waals surface area (Å²) in [6.07, 6.45) is 3.37. The number of halogens is 1. The van der Waals surface area contributed by atoms with E-state index in [2.05, 4.69) is 25.2 Å². The third kappa shape index (κ3) is 3.01. The predicted molar refractivity (Wildman–Crippen MR) is 121 cm³/mol. The van der Waals surface area contributed by atoms with Gasteiger partial charge in [-0.15, -0.1) is 11.3 Å². The lowest BCUT2D eigenvalue weighted by Gasteiger charge is -2.25. The molecule has 2 fully saturated rings. The van der Waals surface area contributed by atoms with Crippen molar-refractivity contribution >= 4 is 52.2 Å². The van der Waals surface area contributed by atoms with Crippen molar-refractivity contribution in [3.63, 3.8) is 0 Å². The zero-order valence-corrected chi connectivity index (χ0v) is 18.6. The summed E-state index contributed by atoms with van der Waals surface area (Å²) in [4.78, 5) is 20.8. The van der Waals surface area contributed by atoms with Crippen LogP contribution in [0.5, 0.6) is 0 Å². The molecular formula is C19H21ClN8S2. The molecule has 5 rings (SSSR count). The van der Waals surface area contributed by atoms with Crippen LogP contribution >= 0.6 is 34.7 Å². The highest BCUT2D eigenvalue weighted by molar-refractivity contribution is 7.99. The Kier molecular flexibility index (Phi) is 4.77. The molecule has 11 heteroatoms. The normalized spacial score (nSPS) is 24.8. The molecule has 0 aromatic carbocycles. The lowest BCUT2D eigenvalue weighted by molar-refractivity contribution is 0.549. The molecule has 6 N–H and O–H groups in total. The average molecular weight is 461 g/mol. The van der Waals surface area contributed by atoms with E-state index in [1.54, 1.807) is 29.8 Å². The van der Waals surface area contributed by atoms with E-state index < -0.39 is 0 Å². The number of anilines is 3. The van der Waals surface area contributed by atoms with Crippen LogP contribution in [0.25, 0.3) is 0 Å². The van der Waals surface area contributed by atoms with Gasteiger partial charge in [0.05, 0.1) is 11.2 Å². The second-order valence-corrected chi connectivity index (χ2v) is 9.95. The van der Waals surface area contributed by atoms with Crippen molar-refractivity contribution in [1.29, 1.82) is 0 Å². The highest BCUT2D eigenvalue weighted by atomic mass is 35.5. The monoisotopic (exact) mass is 460 g/mol. The fourth-order valence-corrected chi connectivity index (χ4v) is 6.59. The molecule has 30 heavy (non-hydrogen) atoms. The van der Waals surface area contributed by atoms with Crippen molar-refractivity contribution in [3.05, 3.63) is 39.6 Å². The Morgan fingerprint density at radius 2 is 2.00 bits per heavy atom. The molecule has 0 unspecified atom stereocenters. The quantitative estimate of drug-likeness (QED) is 0.525. The minimum absolute atomic E-state index is 0.0161. The second kappa shape index (κ2) is 7.23. The van der Waals surface area contributed by atoms with Crippen molar-refractivity contribution in [3.8, 4) is 0 Å². The van der Waals surface area contributed by atoms with Crippen LogP contribution in [-0.4, -0.2) is 39.6 Å². The first-order valence-corrected chi connectivity index (χ1v) is 11.6. The van der Waals surface area contributed by atoms with Gasteiger partial charge in [0.25, 0.3) is 0 Å². The van der Waals surface area contributed by atoms with Crippen LogP contribution in [0.2, 0.25) is 5.02 Å². The van der Waals surface area contributed by atoms with E-state index in [9.17, 15) is 0 Å². The summed E-state index contributed by atoms with van der Waals surface area (Å²) in [5.41, 5.74) is 19.3. The Hall–Kier alpha value is -2.14. The molecular weight excluding hydrogens is 440 g/mol. The van der Waals surface area contributed by atoms with Crippen molar-refractivity contribution in [1.82, 2.24) is 19.9 Å². The molecule has 0 amide bonds. The average Bonchev–Trinajstić information content (AvgIpc) is 3.07. The number of nitrogens with zero attached hydrogens (tertiary/aromatic N) is 5. The molecule has 3 atom stereocenters. The minimum Gasteiger partial charge on any atom is -0.382 e. The van der Waals surface area contributed by atoms with E-state index in [0.29, 0.717) is 34.2 Å². The maximum absolute atomic E-state index is 6.22. The van der Waals surface area contributed by atoms with Crippen molar-refractivity contribution < 1.29 is 0 Å². The molecule has 3 aromatic rings. The molecule has 1 aliphatic carbocycles. The van der Waals surface area contributed by atoms with Gasteiger partial charge in [-0.1, -0.05) is 23.4 Å². The Bertz CT molecular complexity index is 1110. The third-order valence-corrected chi connectivity index (χ3v) is 8.78. The largest absolute Gasteiger partial charge is 0.382 e. The van der Waals surface area contributed by atoms with Gasteiger partial charge >= 0.3 is 0 Å². The van der Waals surface area contributed by atoms with E-state index in [4.69, 9.17) is 33.8 Å². The fraction of sp³-hybridized carbons (Fsp3) is 0.368. The fourth-order valence-electron chi connectivity index (χ4n) is 4.43. The van der Waals surface area contributed by atoms with Gasteiger partial charge in [0.15, 0.2) is 5.82 Å². The summed E-state index contributed by atoms with van der Waals surface area (Å²) in [5.74, 6) is 2.41. The number of thiazole rings is 1. The van der Waals surface area contributed by atoms with Crippen molar-refractivity contribution in [2.24, 2.45) is 17.6 Å². The number of nitrogens with two attached hydrogens (primary N) is 3. The topological polar surface area (TPSA) is 133 Å². The molecule has 1 saturated carbocycles. The summed E-state index contributed by atoms with van der Waals surface area (Å²) in [7, 11) is 0. The number of aryl methyl sites for hydroxylation is 1. The number of hydrogen-bond donors (Lipinski definition) is 3. The maximum Gasteiger partial charge on any atom is 0.158 e. The molecule has 0 spiro atoms. The number of piperidine rings is 1. The lowest BCUT2D eigenvalue weighted by atomic mass is 10.0. The number of rotatable bonds is 5. The molecule has 0 bridgehead atoms. The highest BCUT2D eigenvalue weighted by Gasteiger charge is 2.69. The lowest BCUT2D eigenvalue weighted by Crippen LogP contribution is -2.35. The Balaban J connectivity index is 1.32. The number of nitrogen functional groups attached to an aromatic ring is 2. The van der Waals surface area contributed by atoms with Gasteiger partial charge in [-0.3, -0.25) is 0 Å². The van der Waals surface area contributed by atoms with Gasteiger partial charge in [-0.05, 0) is 24.8 Å². The van der Waals surface area contributed by atoms with Gasteiger partial charge in [-0.25, -0.2) is 19.9 Å². The highest BCUT2D eigenvalue weighted by Crippen LogP contribution is 2.63. The van der Waals surface area contributed by atoms with E-state index >= 15 is 0 Å². The maximum atomic E-state index is 6.22. The van der Waals surface area contributed by atoms with Crippen LogP contribution in [-0.2, 0) is 5.41 Å². The molecule has 8 nitrogen and oxygen atoms in total. The van der Waals surface area contributed by atoms with Gasteiger partial charge in [0, 0.05) is 47.2 Å². The first-order valence-electron chi connectivity index (χ1n) is 9.52. The van der Waals surface area contributed by atoms with Crippen LogP contribution in [0.4, 0.5) is 17.5 Å². The molecule has 2 aliphatic rings. The second-order valence-electron chi connectivity index (χ2n) is 7.69. The van der Waals surface area contributed by atoms with E-state index in [0.717, 1.165) is 29.5 Å². The van der Waals surface area contributed by atoms with Crippen LogP contribution in [0.15, 0.2) is 33.8 Å². The Labute approximate surface area is 187 Å². The summed E-state index contributed by atoms with van der Waals surface area (Å²) in [6, 6.07) is 1.78. The van der Waals surface area contributed by atoms with E-state index in [1.165, 1.54) is 16.8 Å². The molecule has 0 radical (unpaired) electrons. The van der Waals surface area contributed by atoms with Crippen LogP contribution in [0, 0.1) is 18.8 Å². The van der Waals surface area contributed by atoms with E-state index in [1.807, 2.05) is 6.92 Å². The smallest absolute Gasteiger partial charge is 0.158 e. The molecule has 3 aromatic heterocycles. The Morgan fingerprint density at radius 3 is 2.63 bits per heavy atom. The van der Waals surface area contributed by atoms with Crippen LogP contribution in [0.3, 0.4) is 0 Å². The van der Waals surface area contributed by atoms with E-state index in [-0.39, 0.29) is 11.2 Å². The number of fused-ring (bicyclic) bond motifs is 1. The molecule has 1 saturated heterocycles. The first-order chi connectivity index (χ1) is 14.4. The zero-order valence-electron chi connectivity index (χ0n) is 16.2. The van der Waals surface area contributed by atoms with Gasteiger partial charge in [0.1, 0.15) is 21.7 Å². The summed E-state index contributed by atoms with van der Waals surface area (Å²) in [6.45, 7) is 4.42. The summed E-state index contributed by atoms with van der Waals surface area (Å²) in [5, 5.41) is 4.25. The van der Waals surface area contributed by atoms with Gasteiger partial charge < -0.3 is 22.1 Å². The van der Waals surface area contributed by atoms with Gasteiger partial charge in [-0.2, -0.15) is 0 Å². The predicted octanol–water partition coefficient (Wildman–Crippen LogP) is 2.57. The standard InChI is InChI=1S/C19H21ClN8S2/c1-9-7-29-18(26-9)19(8-21)10-5-28(6-11(10)19)13-4-25-17(16(23)27-13)30-12-2-3-24-15(22)14(12)20/h2-4,7,10-11H,5-6,8,21H2,1H3,(H2,22,24)(H2,23,27)/t10-,11+,19-. The zero-order chi connectivity index (χ0) is 21.0. The van der Waals surface area contributed by atoms with Crippen molar-refractivity contribution in [2.75, 3.05) is 36.0 Å². The number of hydrogen-bond acceptors (Lipinski definition) is 10. The molecule has 156 valence electrons. The van der Waals surface area contributed by atoms with Crippen molar-refractivity contribution in [2.45, 2.75) is 22.3 Å². The number of aromatic nitrogens is 4. The molecule has 1 aliphatic heterocycles. The summed E-state index contributed by atoms with van der Waals surface area (Å²) >= 11 is 9.27. The summed E-state index contributed by atoms with van der Waals surface area (Å²) < 4.78 is 0. The third-order valence-electron chi connectivity index (χ3n) is 6.05. The van der Waals surface area contributed by atoms with Gasteiger partial charge in [0.2, 0.25) is 0 Å². The molecule has 4 heterocycles. The van der Waals surface area contributed by atoms with Crippen LogP contribution in [0.1, 0.15) is 10.7 Å².